The fourth-order valence-electron chi connectivity index (χ4n) is 1.31. The van der Waals surface area contributed by atoms with Crippen molar-refractivity contribution in [3.05, 3.63) is 42.0 Å². The van der Waals surface area contributed by atoms with Crippen LogP contribution in [0.5, 0.6) is 0 Å². The van der Waals surface area contributed by atoms with Crippen molar-refractivity contribution < 1.29 is 55.9 Å². The van der Waals surface area contributed by atoms with E-state index in [1.807, 2.05) is 0 Å². The third-order valence-corrected chi connectivity index (χ3v) is 3.60. The van der Waals surface area contributed by atoms with E-state index in [9.17, 15) is 29.7 Å². The predicted molar refractivity (Wildman–Crippen MR) is 118 cm³/mol. The molecule has 7 heteroatoms. The van der Waals surface area contributed by atoms with Crippen LogP contribution in [-0.2, 0) is 40.6 Å². The summed E-state index contributed by atoms with van der Waals surface area (Å²) in [5, 5.41) is 32.4. The van der Waals surface area contributed by atoms with Gasteiger partial charge in [0.1, 0.15) is 0 Å². The molecule has 0 radical (unpaired) electrons. The Morgan fingerprint density at radius 1 is 0.688 bits per heavy atom. The van der Waals surface area contributed by atoms with Crippen molar-refractivity contribution in [3.63, 3.8) is 0 Å². The summed E-state index contributed by atoms with van der Waals surface area (Å²) in [6, 6.07) is 12.8. The molecule has 0 bridgehead atoms. The number of rotatable bonds is 0. The van der Waals surface area contributed by atoms with E-state index < -0.39 is 34.2 Å². The molecule has 0 amide bonds. The summed E-state index contributed by atoms with van der Waals surface area (Å²) in [6.07, 6.45) is 0. The molecule has 0 aromatic heterocycles. The Morgan fingerprint density at radius 3 is 1.22 bits per heavy atom. The minimum atomic E-state index is -1.01. The molecule has 6 nitrogen and oxygen atoms in total. The minimum Gasteiger partial charge on any atom is -0.550 e. The fourth-order valence-corrected chi connectivity index (χ4v) is 1.31. The third-order valence-electron chi connectivity index (χ3n) is 3.60. The number of benzene rings is 1. The van der Waals surface area contributed by atoms with Gasteiger partial charge in [-0.1, -0.05) is 75.3 Å². The summed E-state index contributed by atoms with van der Waals surface area (Å²) in [5.74, 6) is -3.02. The number of hydrogen-bond donors (Lipinski definition) is 0. The molecule has 0 fully saturated rings. The van der Waals surface area contributed by atoms with Gasteiger partial charge in [-0.05, 0) is 0 Å². The second-order valence-corrected chi connectivity index (χ2v) is 10.3. The molecule has 2 rings (SSSR count). The Bertz CT molecular complexity index is 756. The molecule has 0 atom stereocenters. The van der Waals surface area contributed by atoms with Crippen LogP contribution in [0.2, 0.25) is 0 Å². The summed E-state index contributed by atoms with van der Waals surface area (Å²) in [5.41, 5.74) is -0.735. The van der Waals surface area contributed by atoms with Crippen molar-refractivity contribution in [1.82, 2.24) is 0 Å². The molecule has 0 saturated heterocycles. The average Bonchev–Trinajstić information content (AvgIpc) is 2.93. The maximum Gasteiger partial charge on any atom is 4.00 e. The Labute approximate surface area is 211 Å². The Kier molecular flexibility index (Phi) is 15.5. The molecule has 0 aliphatic heterocycles. The number of carbonyl (C=O) groups is 3. The van der Waals surface area contributed by atoms with E-state index in [0.717, 1.165) is 0 Å². The van der Waals surface area contributed by atoms with Gasteiger partial charge in [-0.2, -0.15) is 6.07 Å². The molecular formula is C25H36O6Zr. The molecule has 0 saturated carbocycles. The van der Waals surface area contributed by atoms with Crippen LogP contribution in [0, 0.1) is 23.2 Å². The summed E-state index contributed by atoms with van der Waals surface area (Å²) in [6.45, 7) is 16.5. The van der Waals surface area contributed by atoms with Crippen LogP contribution in [0.3, 0.4) is 0 Å². The van der Waals surface area contributed by atoms with Crippen molar-refractivity contribution >= 4 is 28.7 Å². The summed E-state index contributed by atoms with van der Waals surface area (Å²) in [7, 11) is 0. The van der Waals surface area contributed by atoms with Gasteiger partial charge in [-0.25, -0.2) is 0 Å². The SMILES string of the molecule is CC(C)(C)C(=O)[O-].CC(C)(C)C(=O)[O-].CC(C)(C)C(=O)[O-].Cc1cc2ccccc2[cH-]1.[Zr+4]. The molecular weight excluding hydrogens is 487 g/mol. The van der Waals surface area contributed by atoms with E-state index in [4.69, 9.17) is 0 Å². The van der Waals surface area contributed by atoms with Crippen LogP contribution in [0.25, 0.3) is 10.8 Å². The van der Waals surface area contributed by atoms with E-state index in [2.05, 4.69) is 43.3 Å². The summed E-state index contributed by atoms with van der Waals surface area (Å²) in [4.78, 5) is 29.7. The first kappa shape index (κ1) is 34.7. The second kappa shape index (κ2) is 14.3. The van der Waals surface area contributed by atoms with Crippen molar-refractivity contribution in [2.45, 2.75) is 69.2 Å². The number of carboxylic acid groups (broad SMARTS) is 3. The van der Waals surface area contributed by atoms with Gasteiger partial charge >= 0.3 is 26.2 Å². The van der Waals surface area contributed by atoms with Crippen LogP contribution in [0.4, 0.5) is 0 Å². The standard InChI is InChI=1S/C10H9.3C5H10O2.Zr/c1-8-6-9-4-2-3-5-10(9)7-8;3*1-5(2,3)4(6)7;/h2-7H,1H3;3*1-3H3,(H,6,7);/q-1;;;;+4/p-3. The maximum atomic E-state index is 9.91. The van der Waals surface area contributed by atoms with Gasteiger partial charge in [-0.15, -0.1) is 40.6 Å². The maximum absolute atomic E-state index is 9.91. The minimum absolute atomic E-state index is 0. The van der Waals surface area contributed by atoms with Crippen molar-refractivity contribution in [2.24, 2.45) is 16.2 Å². The van der Waals surface area contributed by atoms with Crippen molar-refractivity contribution in [1.29, 1.82) is 0 Å². The van der Waals surface area contributed by atoms with Gasteiger partial charge in [0.25, 0.3) is 0 Å². The number of hydrogen-bond acceptors (Lipinski definition) is 6. The zero-order chi connectivity index (χ0) is 25.2. The first-order valence-corrected chi connectivity index (χ1v) is 9.96. The molecule has 0 spiro atoms. The Balaban J connectivity index is -0.000000354. The van der Waals surface area contributed by atoms with E-state index in [0.29, 0.717) is 0 Å². The van der Waals surface area contributed by atoms with Gasteiger partial charge < -0.3 is 29.7 Å². The molecule has 2 aromatic rings. The van der Waals surface area contributed by atoms with Crippen LogP contribution in [-0.4, -0.2) is 17.9 Å². The number of fused-ring (bicyclic) bond motifs is 1. The molecule has 0 aliphatic carbocycles. The first-order valence-electron chi connectivity index (χ1n) is 9.96. The van der Waals surface area contributed by atoms with Gasteiger partial charge in [0.05, 0.1) is 0 Å². The Hall–Kier alpha value is -1.88. The quantitative estimate of drug-likeness (QED) is 0.488. The molecule has 32 heavy (non-hydrogen) atoms. The van der Waals surface area contributed by atoms with Crippen molar-refractivity contribution in [3.8, 4) is 0 Å². The van der Waals surface area contributed by atoms with Crippen molar-refractivity contribution in [2.75, 3.05) is 0 Å². The van der Waals surface area contributed by atoms with Gasteiger partial charge in [0.15, 0.2) is 0 Å². The molecule has 0 aliphatic rings. The van der Waals surface area contributed by atoms with Crippen LogP contribution in [0.1, 0.15) is 67.9 Å². The van der Waals surface area contributed by atoms with Gasteiger partial charge in [-0.3, -0.25) is 0 Å². The molecule has 2 aromatic carbocycles. The smallest absolute Gasteiger partial charge is 0.550 e. The van der Waals surface area contributed by atoms with E-state index >= 15 is 0 Å². The summed E-state index contributed by atoms with van der Waals surface area (Å²) < 4.78 is 0. The summed E-state index contributed by atoms with van der Waals surface area (Å²) >= 11 is 0. The number of carboxylic acids is 3. The Morgan fingerprint density at radius 2 is 0.969 bits per heavy atom. The van der Waals surface area contributed by atoms with Crippen LogP contribution in [0.15, 0.2) is 36.4 Å². The number of aryl methyl sites for hydroxylation is 1. The zero-order valence-corrected chi connectivity index (χ0v) is 23.4. The van der Waals surface area contributed by atoms with Crippen LogP contribution >= 0.6 is 0 Å². The first-order chi connectivity index (χ1) is 13.7. The second-order valence-electron chi connectivity index (χ2n) is 10.3. The largest absolute Gasteiger partial charge is 4.00 e. The van der Waals surface area contributed by atoms with E-state index in [-0.39, 0.29) is 26.2 Å². The number of aliphatic carboxylic acids is 3. The predicted octanol–water partition coefficient (Wildman–Crippen LogP) is 2.21. The number of carbonyl (C=O) groups excluding carboxylic acids is 3. The van der Waals surface area contributed by atoms with Gasteiger partial charge in [0.2, 0.25) is 0 Å². The molecule has 0 heterocycles. The monoisotopic (exact) mass is 522 g/mol. The average molecular weight is 524 g/mol. The fraction of sp³-hybridized carbons (Fsp3) is 0.520. The van der Waals surface area contributed by atoms with E-state index in [1.165, 1.54) is 16.3 Å². The molecule has 0 unspecified atom stereocenters. The molecule has 176 valence electrons. The third kappa shape index (κ3) is 16.8. The topological polar surface area (TPSA) is 120 Å². The zero-order valence-electron chi connectivity index (χ0n) is 20.9. The van der Waals surface area contributed by atoms with E-state index in [1.54, 1.807) is 62.3 Å². The van der Waals surface area contributed by atoms with Gasteiger partial charge in [0, 0.05) is 34.2 Å². The normalized spacial score (nSPS) is 10.7. The molecule has 0 N–H and O–H groups in total. The van der Waals surface area contributed by atoms with Crippen LogP contribution < -0.4 is 15.3 Å².